The molecule has 6 heteroatoms. The van der Waals surface area contributed by atoms with Gasteiger partial charge in [-0.2, -0.15) is 0 Å². The van der Waals surface area contributed by atoms with E-state index in [4.69, 9.17) is 4.74 Å². The van der Waals surface area contributed by atoms with Gasteiger partial charge in [0.15, 0.2) is 0 Å². The first kappa shape index (κ1) is 18.5. The molecule has 0 unspecified atom stereocenters. The van der Waals surface area contributed by atoms with Crippen molar-refractivity contribution in [2.75, 3.05) is 23.4 Å². The van der Waals surface area contributed by atoms with E-state index in [9.17, 15) is 9.59 Å². The van der Waals surface area contributed by atoms with Crippen LogP contribution in [0.5, 0.6) is 5.75 Å². The highest BCUT2D eigenvalue weighted by atomic mass is 79.9. The van der Waals surface area contributed by atoms with Crippen molar-refractivity contribution >= 4 is 39.1 Å². The fourth-order valence-corrected chi connectivity index (χ4v) is 3.39. The molecule has 0 radical (unpaired) electrons. The molecule has 0 spiro atoms. The molecule has 2 amide bonds. The second-order valence-electron chi connectivity index (χ2n) is 6.22. The van der Waals surface area contributed by atoms with Crippen LogP contribution in [-0.4, -0.2) is 25.0 Å². The summed E-state index contributed by atoms with van der Waals surface area (Å²) in [5.41, 5.74) is 2.81. The SMILES string of the molecule is CC(=O)N1CCc2cc(NC(=O)CCCOc3cccc(Br)c3)ccc21. The van der Waals surface area contributed by atoms with Gasteiger partial charge in [-0.25, -0.2) is 0 Å². The van der Waals surface area contributed by atoms with Crippen molar-refractivity contribution in [2.45, 2.75) is 26.2 Å². The van der Waals surface area contributed by atoms with E-state index in [1.165, 1.54) is 0 Å². The van der Waals surface area contributed by atoms with Crippen LogP contribution in [0.1, 0.15) is 25.3 Å². The van der Waals surface area contributed by atoms with Crippen LogP contribution >= 0.6 is 15.9 Å². The molecular formula is C20H21BrN2O3. The minimum atomic E-state index is -0.0378. The molecule has 0 bridgehead atoms. The number of hydrogen-bond donors (Lipinski definition) is 1. The average molecular weight is 417 g/mol. The topological polar surface area (TPSA) is 58.6 Å². The summed E-state index contributed by atoms with van der Waals surface area (Å²) in [7, 11) is 0. The van der Waals surface area contributed by atoms with Crippen molar-refractivity contribution in [2.24, 2.45) is 0 Å². The van der Waals surface area contributed by atoms with Crippen molar-refractivity contribution in [3.05, 3.63) is 52.5 Å². The molecular weight excluding hydrogens is 396 g/mol. The summed E-state index contributed by atoms with van der Waals surface area (Å²) in [5.74, 6) is 0.795. The summed E-state index contributed by atoms with van der Waals surface area (Å²) >= 11 is 3.40. The van der Waals surface area contributed by atoms with E-state index in [0.29, 0.717) is 26.0 Å². The Morgan fingerprint density at radius 3 is 2.85 bits per heavy atom. The van der Waals surface area contributed by atoms with E-state index in [0.717, 1.165) is 33.6 Å². The minimum Gasteiger partial charge on any atom is -0.494 e. The monoisotopic (exact) mass is 416 g/mol. The Morgan fingerprint density at radius 1 is 1.23 bits per heavy atom. The number of benzene rings is 2. The first-order valence-corrected chi connectivity index (χ1v) is 9.41. The predicted octanol–water partition coefficient (Wildman–Crippen LogP) is 4.16. The molecule has 136 valence electrons. The van der Waals surface area contributed by atoms with Gasteiger partial charge in [0.05, 0.1) is 6.61 Å². The number of carbonyl (C=O) groups is 2. The molecule has 0 atom stereocenters. The van der Waals surface area contributed by atoms with Gasteiger partial charge in [-0.15, -0.1) is 0 Å². The van der Waals surface area contributed by atoms with Gasteiger partial charge in [-0.1, -0.05) is 22.0 Å². The van der Waals surface area contributed by atoms with E-state index in [-0.39, 0.29) is 11.8 Å². The van der Waals surface area contributed by atoms with Gasteiger partial charge in [0.1, 0.15) is 5.75 Å². The first-order valence-electron chi connectivity index (χ1n) is 8.62. The summed E-state index contributed by atoms with van der Waals surface area (Å²) in [6.45, 7) is 2.76. The number of amides is 2. The van der Waals surface area contributed by atoms with Crippen molar-refractivity contribution in [3.63, 3.8) is 0 Å². The number of nitrogens with one attached hydrogen (secondary N) is 1. The molecule has 5 nitrogen and oxygen atoms in total. The van der Waals surface area contributed by atoms with Crippen LogP contribution in [0.2, 0.25) is 0 Å². The summed E-state index contributed by atoms with van der Waals surface area (Å²) in [6.07, 6.45) is 1.85. The van der Waals surface area contributed by atoms with Crippen molar-refractivity contribution in [1.29, 1.82) is 0 Å². The molecule has 2 aromatic carbocycles. The van der Waals surface area contributed by atoms with Crippen molar-refractivity contribution in [1.82, 2.24) is 0 Å². The van der Waals surface area contributed by atoms with Crippen LogP contribution in [0.25, 0.3) is 0 Å². The fourth-order valence-electron chi connectivity index (χ4n) is 3.01. The van der Waals surface area contributed by atoms with E-state index in [2.05, 4.69) is 21.2 Å². The van der Waals surface area contributed by atoms with Gasteiger partial charge < -0.3 is 15.0 Å². The molecule has 1 aliphatic rings. The Kier molecular flexibility index (Phi) is 5.93. The predicted molar refractivity (Wildman–Crippen MR) is 106 cm³/mol. The first-order chi connectivity index (χ1) is 12.5. The molecule has 1 N–H and O–H groups in total. The molecule has 0 fully saturated rings. The Hall–Kier alpha value is -2.34. The molecule has 26 heavy (non-hydrogen) atoms. The lowest BCUT2D eigenvalue weighted by Gasteiger charge is -2.15. The lowest BCUT2D eigenvalue weighted by molar-refractivity contribution is -0.117. The summed E-state index contributed by atoms with van der Waals surface area (Å²) in [5, 5.41) is 2.92. The minimum absolute atomic E-state index is 0.0378. The van der Waals surface area contributed by atoms with Crippen LogP contribution in [-0.2, 0) is 16.0 Å². The smallest absolute Gasteiger partial charge is 0.224 e. The van der Waals surface area contributed by atoms with E-state index >= 15 is 0 Å². The highest BCUT2D eigenvalue weighted by Crippen LogP contribution is 2.30. The van der Waals surface area contributed by atoms with Crippen LogP contribution in [0.15, 0.2) is 46.9 Å². The standard InChI is InChI=1S/C20H21BrN2O3/c1-14(24)23-10-9-15-12-17(7-8-19(15)23)22-20(25)6-3-11-26-18-5-2-4-16(21)13-18/h2,4-5,7-8,12-13H,3,6,9-11H2,1H3,(H,22,25). The van der Waals surface area contributed by atoms with Crippen LogP contribution in [0, 0.1) is 0 Å². The molecule has 0 aromatic heterocycles. The van der Waals surface area contributed by atoms with Gasteiger partial charge in [0.2, 0.25) is 11.8 Å². The van der Waals surface area contributed by atoms with Gasteiger partial charge >= 0.3 is 0 Å². The fraction of sp³-hybridized carbons (Fsp3) is 0.300. The zero-order chi connectivity index (χ0) is 18.5. The number of ether oxygens (including phenoxy) is 1. The quantitative estimate of drug-likeness (QED) is 0.719. The number of halogens is 1. The van der Waals surface area contributed by atoms with Crippen LogP contribution in [0.3, 0.4) is 0 Å². The number of rotatable bonds is 6. The maximum atomic E-state index is 12.1. The van der Waals surface area contributed by atoms with Gasteiger partial charge in [0, 0.05) is 35.7 Å². The summed E-state index contributed by atoms with van der Waals surface area (Å²) in [4.78, 5) is 25.5. The number of fused-ring (bicyclic) bond motifs is 1. The Balaban J connectivity index is 1.46. The number of carbonyl (C=O) groups excluding carboxylic acids is 2. The molecule has 3 rings (SSSR count). The number of anilines is 2. The van der Waals surface area contributed by atoms with Crippen LogP contribution < -0.4 is 15.0 Å². The lowest BCUT2D eigenvalue weighted by atomic mass is 10.1. The van der Waals surface area contributed by atoms with E-state index in [1.807, 2.05) is 42.5 Å². The molecule has 0 saturated heterocycles. The van der Waals surface area contributed by atoms with Crippen LogP contribution in [0.4, 0.5) is 11.4 Å². The Morgan fingerprint density at radius 2 is 2.08 bits per heavy atom. The zero-order valence-corrected chi connectivity index (χ0v) is 16.2. The van der Waals surface area contributed by atoms with Crippen molar-refractivity contribution < 1.29 is 14.3 Å². The third-order valence-corrected chi connectivity index (χ3v) is 4.75. The summed E-state index contributed by atoms with van der Waals surface area (Å²) in [6, 6.07) is 13.3. The molecule has 0 saturated carbocycles. The third-order valence-electron chi connectivity index (χ3n) is 4.25. The Labute approximate surface area is 161 Å². The third kappa shape index (κ3) is 4.64. The largest absolute Gasteiger partial charge is 0.494 e. The maximum absolute atomic E-state index is 12.1. The van der Waals surface area contributed by atoms with Gasteiger partial charge in [-0.05, 0) is 54.8 Å². The highest BCUT2D eigenvalue weighted by Gasteiger charge is 2.22. The molecule has 0 aliphatic carbocycles. The maximum Gasteiger partial charge on any atom is 0.224 e. The molecule has 2 aromatic rings. The lowest BCUT2D eigenvalue weighted by Crippen LogP contribution is -2.25. The molecule has 1 heterocycles. The molecule has 1 aliphatic heterocycles. The Bertz CT molecular complexity index is 822. The average Bonchev–Trinajstić information content (AvgIpc) is 3.02. The van der Waals surface area contributed by atoms with Crippen molar-refractivity contribution in [3.8, 4) is 5.75 Å². The zero-order valence-electron chi connectivity index (χ0n) is 14.6. The number of nitrogens with zero attached hydrogens (tertiary/aromatic N) is 1. The normalized spacial score (nSPS) is 12.6. The second-order valence-corrected chi connectivity index (χ2v) is 7.14. The van der Waals surface area contributed by atoms with E-state index in [1.54, 1.807) is 11.8 Å². The summed E-state index contributed by atoms with van der Waals surface area (Å²) < 4.78 is 6.60. The second kappa shape index (κ2) is 8.36. The van der Waals surface area contributed by atoms with Gasteiger partial charge in [0.25, 0.3) is 0 Å². The highest BCUT2D eigenvalue weighted by molar-refractivity contribution is 9.10. The van der Waals surface area contributed by atoms with Gasteiger partial charge in [-0.3, -0.25) is 9.59 Å². The number of hydrogen-bond acceptors (Lipinski definition) is 3. The van der Waals surface area contributed by atoms with E-state index < -0.39 is 0 Å².